The molecule has 1 aliphatic heterocycles. The smallest absolute Gasteiger partial charge is 0.330 e. The molecule has 1 unspecified atom stereocenters. The van der Waals surface area contributed by atoms with Crippen LogP contribution in [0.1, 0.15) is 63.4 Å². The largest absolute Gasteiger partial charge is 0.493 e. The fraction of sp³-hybridized carbons (Fsp3) is 0.440. The van der Waals surface area contributed by atoms with Crippen LogP contribution in [0.5, 0.6) is 5.75 Å². The van der Waals surface area contributed by atoms with E-state index >= 15 is 4.39 Å². The van der Waals surface area contributed by atoms with Gasteiger partial charge in [-0.2, -0.15) is 5.10 Å². The second kappa shape index (κ2) is 9.67. The number of ether oxygens (including phenoxy) is 1. The Hall–Kier alpha value is -3.24. The van der Waals surface area contributed by atoms with Crippen LogP contribution in [0.3, 0.4) is 0 Å². The number of nitrogen functional groups attached to an aromatic ring is 1. The highest BCUT2D eigenvalue weighted by molar-refractivity contribution is 6.31. The summed E-state index contributed by atoms with van der Waals surface area (Å²) in [5, 5.41) is 6.71. The van der Waals surface area contributed by atoms with Gasteiger partial charge in [-0.05, 0) is 46.8 Å². The van der Waals surface area contributed by atoms with Crippen LogP contribution in [0.25, 0.3) is 17.1 Å². The van der Waals surface area contributed by atoms with Gasteiger partial charge in [0.05, 0.1) is 34.2 Å². The maximum Gasteiger partial charge on any atom is 0.330 e. The quantitative estimate of drug-likeness (QED) is 0.479. The van der Waals surface area contributed by atoms with E-state index in [9.17, 15) is 4.79 Å². The van der Waals surface area contributed by atoms with Gasteiger partial charge in [-0.15, -0.1) is 5.06 Å². The van der Waals surface area contributed by atoms with Gasteiger partial charge in [0, 0.05) is 30.1 Å². The lowest BCUT2D eigenvalue weighted by Gasteiger charge is -2.39. The van der Waals surface area contributed by atoms with Crippen LogP contribution in [-0.4, -0.2) is 50.5 Å². The van der Waals surface area contributed by atoms with Crippen LogP contribution >= 0.6 is 11.6 Å². The van der Waals surface area contributed by atoms with E-state index in [0.29, 0.717) is 53.3 Å². The summed E-state index contributed by atoms with van der Waals surface area (Å²) in [6.45, 7) is 13.8. The van der Waals surface area contributed by atoms with Crippen molar-refractivity contribution in [2.75, 3.05) is 25.4 Å². The highest BCUT2D eigenvalue weighted by Gasteiger charge is 2.39. The van der Waals surface area contributed by atoms with Gasteiger partial charge >= 0.3 is 5.97 Å². The molecule has 0 radical (unpaired) electrons. The van der Waals surface area contributed by atoms with E-state index in [1.165, 1.54) is 11.4 Å². The summed E-state index contributed by atoms with van der Waals surface area (Å²) >= 11 is 6.38. The monoisotopic (exact) mass is 516 g/mol. The third kappa shape index (κ3) is 4.51. The van der Waals surface area contributed by atoms with Crippen molar-refractivity contribution in [1.82, 2.24) is 24.8 Å². The van der Waals surface area contributed by atoms with Crippen molar-refractivity contribution in [3.63, 3.8) is 0 Å². The van der Waals surface area contributed by atoms with Gasteiger partial charge in [-0.1, -0.05) is 18.2 Å². The van der Waals surface area contributed by atoms with Crippen LogP contribution in [-0.2, 0) is 9.63 Å². The SMILES string of the molecule is C=Cc1nn(C(C)c2cc(Cl)c(F)c(C3CN(OC(=O)C(C)(C)C)C3)c2OCC)c2ncnc(N)c12. The fourth-order valence-corrected chi connectivity index (χ4v) is 4.37. The Kier molecular flexibility index (Phi) is 6.94. The highest BCUT2D eigenvalue weighted by atomic mass is 35.5. The van der Waals surface area contributed by atoms with Gasteiger partial charge in [0.1, 0.15) is 23.7 Å². The Morgan fingerprint density at radius 3 is 2.69 bits per heavy atom. The molecule has 1 aromatic carbocycles. The number of hydrogen-bond acceptors (Lipinski definition) is 8. The van der Waals surface area contributed by atoms with E-state index in [-0.39, 0.29) is 22.7 Å². The molecule has 1 saturated heterocycles. The number of rotatable bonds is 7. The van der Waals surface area contributed by atoms with Gasteiger partial charge in [0.15, 0.2) is 5.65 Å². The molecule has 11 heteroatoms. The van der Waals surface area contributed by atoms with Gasteiger partial charge in [-0.3, -0.25) is 0 Å². The molecule has 3 heterocycles. The Morgan fingerprint density at radius 1 is 1.39 bits per heavy atom. The number of benzene rings is 1. The Labute approximate surface area is 214 Å². The third-order valence-electron chi connectivity index (χ3n) is 6.16. The lowest BCUT2D eigenvalue weighted by atomic mass is 9.89. The summed E-state index contributed by atoms with van der Waals surface area (Å²) in [7, 11) is 0. The number of anilines is 1. The van der Waals surface area contributed by atoms with E-state index in [2.05, 4.69) is 21.6 Å². The Morgan fingerprint density at radius 2 is 2.08 bits per heavy atom. The number of fused-ring (bicyclic) bond motifs is 1. The standard InChI is InChI=1S/C25H30ClFN6O3/c1-7-17-19-22(28)29-12-30-23(19)33(31-17)13(3)15-9-16(26)20(27)18(21(15)35-8-2)14-10-32(11-14)36-24(34)25(4,5)6/h7,9,12-14H,1,8,10-11H2,2-6H3,(H2,28,29,30). The molecule has 0 aliphatic carbocycles. The minimum atomic E-state index is -0.644. The van der Waals surface area contributed by atoms with Crippen molar-refractivity contribution in [3.8, 4) is 5.75 Å². The molecule has 0 spiro atoms. The summed E-state index contributed by atoms with van der Waals surface area (Å²) in [6, 6.07) is 1.11. The van der Waals surface area contributed by atoms with Gasteiger partial charge in [0.25, 0.3) is 0 Å². The lowest BCUT2D eigenvalue weighted by molar-refractivity contribution is -0.221. The second-order valence-corrected chi connectivity index (χ2v) is 10.2. The van der Waals surface area contributed by atoms with Crippen molar-refractivity contribution in [1.29, 1.82) is 0 Å². The van der Waals surface area contributed by atoms with E-state index in [1.54, 1.807) is 37.6 Å². The van der Waals surface area contributed by atoms with Crippen molar-refractivity contribution in [3.05, 3.63) is 46.6 Å². The number of nitrogens with two attached hydrogens (primary N) is 1. The summed E-state index contributed by atoms with van der Waals surface area (Å²) in [4.78, 5) is 26.1. The first kappa shape index (κ1) is 25.8. The number of carbonyl (C=O) groups is 1. The number of aromatic nitrogens is 4. The van der Waals surface area contributed by atoms with Crippen LogP contribution in [0.2, 0.25) is 5.02 Å². The molecule has 192 valence electrons. The average molecular weight is 517 g/mol. The van der Waals surface area contributed by atoms with Crippen molar-refractivity contribution in [2.45, 2.75) is 46.6 Å². The summed E-state index contributed by atoms with van der Waals surface area (Å²) in [5.74, 6) is -0.497. The van der Waals surface area contributed by atoms with Crippen LogP contribution in [0.4, 0.5) is 10.2 Å². The molecule has 0 amide bonds. The van der Waals surface area contributed by atoms with E-state index in [4.69, 9.17) is 26.9 Å². The lowest BCUT2D eigenvalue weighted by Crippen LogP contribution is -2.48. The third-order valence-corrected chi connectivity index (χ3v) is 6.44. The van der Waals surface area contributed by atoms with E-state index < -0.39 is 17.3 Å². The molecule has 4 rings (SSSR count). The Balaban J connectivity index is 1.75. The van der Waals surface area contributed by atoms with Gasteiger partial charge in [-0.25, -0.2) is 23.8 Å². The summed E-state index contributed by atoms with van der Waals surface area (Å²) in [6.07, 6.45) is 2.95. The number of hydrogen-bond donors (Lipinski definition) is 1. The zero-order chi connectivity index (χ0) is 26.4. The normalized spacial score (nSPS) is 15.5. The minimum Gasteiger partial charge on any atom is -0.493 e. The zero-order valence-corrected chi connectivity index (χ0v) is 21.8. The first-order valence-corrected chi connectivity index (χ1v) is 12.1. The van der Waals surface area contributed by atoms with Crippen molar-refractivity contribution >= 4 is 40.5 Å². The fourth-order valence-electron chi connectivity index (χ4n) is 4.15. The summed E-state index contributed by atoms with van der Waals surface area (Å²) < 4.78 is 23.1. The molecule has 1 atom stereocenters. The zero-order valence-electron chi connectivity index (χ0n) is 21.0. The van der Waals surface area contributed by atoms with E-state index in [0.717, 1.165) is 0 Å². The molecule has 36 heavy (non-hydrogen) atoms. The van der Waals surface area contributed by atoms with E-state index in [1.807, 2.05) is 13.8 Å². The Bertz CT molecular complexity index is 1330. The first-order valence-electron chi connectivity index (χ1n) is 11.7. The molecular formula is C25H30ClFN6O3. The molecule has 0 bridgehead atoms. The number of carbonyl (C=O) groups excluding carboxylic acids is 1. The molecule has 1 aliphatic rings. The molecule has 3 aromatic rings. The summed E-state index contributed by atoms with van der Waals surface area (Å²) in [5.41, 5.74) is 7.48. The van der Waals surface area contributed by atoms with Crippen LogP contribution in [0, 0.1) is 11.2 Å². The molecule has 0 saturated carbocycles. The number of halogens is 2. The molecule has 9 nitrogen and oxygen atoms in total. The van der Waals surface area contributed by atoms with Crippen molar-refractivity contribution < 1.29 is 18.8 Å². The molecular weight excluding hydrogens is 487 g/mol. The maximum atomic E-state index is 15.4. The predicted octanol–water partition coefficient (Wildman–Crippen LogP) is 4.76. The predicted molar refractivity (Wildman–Crippen MR) is 136 cm³/mol. The molecule has 2 N–H and O–H groups in total. The van der Waals surface area contributed by atoms with Crippen LogP contribution < -0.4 is 10.5 Å². The highest BCUT2D eigenvalue weighted by Crippen LogP contribution is 2.44. The average Bonchev–Trinajstić information content (AvgIpc) is 3.18. The van der Waals surface area contributed by atoms with Gasteiger partial charge < -0.3 is 15.3 Å². The topological polar surface area (TPSA) is 108 Å². The number of nitrogens with zero attached hydrogens (tertiary/aromatic N) is 5. The van der Waals surface area contributed by atoms with Crippen LogP contribution in [0.15, 0.2) is 19.0 Å². The number of hydroxylamine groups is 2. The minimum absolute atomic E-state index is 0.0324. The second-order valence-electron chi connectivity index (χ2n) is 9.78. The maximum absolute atomic E-state index is 15.4. The molecule has 2 aromatic heterocycles. The first-order chi connectivity index (χ1) is 17.0. The molecule has 1 fully saturated rings. The van der Waals surface area contributed by atoms with Crippen molar-refractivity contribution in [2.24, 2.45) is 5.41 Å². The van der Waals surface area contributed by atoms with Gasteiger partial charge in [0.2, 0.25) is 0 Å².